The molecule has 0 spiro atoms. The molecule has 5 heteroatoms. The third-order valence-corrected chi connectivity index (χ3v) is 2.56. The standard InChI is InChI=1S/C12H12N4O/c1-13-7-10-8-17-12(15-10)16-11-5-3-2-4-9(11)6-14-16/h2-6,8,13H,7H2,1H3. The van der Waals surface area contributed by atoms with Gasteiger partial charge in [-0.3, -0.25) is 0 Å². The summed E-state index contributed by atoms with van der Waals surface area (Å²) in [6.45, 7) is 0.683. The zero-order chi connectivity index (χ0) is 11.7. The van der Waals surface area contributed by atoms with Crippen molar-refractivity contribution in [1.82, 2.24) is 20.1 Å². The number of nitrogens with zero attached hydrogens (tertiary/aromatic N) is 3. The zero-order valence-corrected chi connectivity index (χ0v) is 9.42. The van der Waals surface area contributed by atoms with Crippen LogP contribution in [-0.4, -0.2) is 21.8 Å². The van der Waals surface area contributed by atoms with Crippen molar-refractivity contribution in [3.8, 4) is 6.01 Å². The first-order valence-electron chi connectivity index (χ1n) is 5.40. The summed E-state index contributed by atoms with van der Waals surface area (Å²) in [5.41, 5.74) is 1.85. The lowest BCUT2D eigenvalue weighted by Gasteiger charge is -1.96. The molecule has 0 amide bonds. The Balaban J connectivity index is 2.07. The third-order valence-electron chi connectivity index (χ3n) is 2.56. The number of oxazole rings is 1. The Morgan fingerprint density at radius 3 is 3.12 bits per heavy atom. The first-order valence-corrected chi connectivity index (χ1v) is 5.40. The van der Waals surface area contributed by atoms with Crippen LogP contribution in [0.25, 0.3) is 16.9 Å². The SMILES string of the molecule is CNCc1coc(-n2ncc3ccccc32)n1. The highest BCUT2D eigenvalue weighted by atomic mass is 16.4. The van der Waals surface area contributed by atoms with E-state index in [4.69, 9.17) is 4.42 Å². The lowest BCUT2D eigenvalue weighted by molar-refractivity contribution is 0.514. The number of para-hydroxylation sites is 1. The molecule has 0 bridgehead atoms. The minimum Gasteiger partial charge on any atom is -0.430 e. The lowest BCUT2D eigenvalue weighted by atomic mass is 10.3. The van der Waals surface area contributed by atoms with E-state index in [1.54, 1.807) is 17.1 Å². The van der Waals surface area contributed by atoms with E-state index in [9.17, 15) is 0 Å². The van der Waals surface area contributed by atoms with E-state index in [2.05, 4.69) is 15.4 Å². The van der Waals surface area contributed by atoms with Gasteiger partial charge in [0.25, 0.3) is 0 Å². The molecule has 2 heterocycles. The van der Waals surface area contributed by atoms with E-state index >= 15 is 0 Å². The van der Waals surface area contributed by atoms with Crippen LogP contribution in [-0.2, 0) is 6.54 Å². The van der Waals surface area contributed by atoms with Crippen LogP contribution in [0.2, 0.25) is 0 Å². The van der Waals surface area contributed by atoms with Crippen molar-refractivity contribution < 1.29 is 4.42 Å². The van der Waals surface area contributed by atoms with Crippen LogP contribution >= 0.6 is 0 Å². The minimum absolute atomic E-state index is 0.497. The number of benzene rings is 1. The van der Waals surface area contributed by atoms with Gasteiger partial charge in [0, 0.05) is 11.9 Å². The first kappa shape index (κ1) is 10.0. The monoisotopic (exact) mass is 228 g/mol. The van der Waals surface area contributed by atoms with Crippen LogP contribution in [0, 0.1) is 0 Å². The van der Waals surface area contributed by atoms with E-state index in [0.717, 1.165) is 16.6 Å². The predicted octanol–water partition coefficient (Wildman–Crippen LogP) is 1.73. The van der Waals surface area contributed by atoms with Gasteiger partial charge in [-0.05, 0) is 13.1 Å². The molecule has 0 fully saturated rings. The highest BCUT2D eigenvalue weighted by Gasteiger charge is 2.09. The summed E-state index contributed by atoms with van der Waals surface area (Å²) in [5, 5.41) is 8.38. The van der Waals surface area contributed by atoms with Gasteiger partial charge in [0.15, 0.2) is 0 Å². The van der Waals surface area contributed by atoms with Crippen molar-refractivity contribution in [1.29, 1.82) is 0 Å². The van der Waals surface area contributed by atoms with Crippen LogP contribution < -0.4 is 5.32 Å². The molecule has 0 saturated carbocycles. The Morgan fingerprint density at radius 1 is 1.35 bits per heavy atom. The minimum atomic E-state index is 0.497. The Bertz CT molecular complexity index is 641. The van der Waals surface area contributed by atoms with Gasteiger partial charge in [-0.1, -0.05) is 18.2 Å². The summed E-state index contributed by atoms with van der Waals surface area (Å²) in [6, 6.07) is 8.45. The highest BCUT2D eigenvalue weighted by molar-refractivity contribution is 5.79. The second-order valence-corrected chi connectivity index (χ2v) is 3.77. The third kappa shape index (κ3) is 1.70. The van der Waals surface area contributed by atoms with Gasteiger partial charge in [-0.2, -0.15) is 14.8 Å². The maximum Gasteiger partial charge on any atom is 0.323 e. The summed E-state index contributed by atoms with van der Waals surface area (Å²) in [6.07, 6.45) is 3.44. The van der Waals surface area contributed by atoms with Gasteiger partial charge in [0.1, 0.15) is 6.26 Å². The van der Waals surface area contributed by atoms with Gasteiger partial charge in [0.05, 0.1) is 17.4 Å². The van der Waals surface area contributed by atoms with Crippen LogP contribution in [0.5, 0.6) is 0 Å². The van der Waals surface area contributed by atoms with Crippen LogP contribution in [0.15, 0.2) is 41.1 Å². The van der Waals surface area contributed by atoms with Crippen molar-refractivity contribution in [3.05, 3.63) is 42.4 Å². The van der Waals surface area contributed by atoms with Crippen LogP contribution in [0.1, 0.15) is 5.69 Å². The Kier molecular flexibility index (Phi) is 2.38. The van der Waals surface area contributed by atoms with E-state index < -0.39 is 0 Å². The fraction of sp³-hybridized carbons (Fsp3) is 0.167. The number of fused-ring (bicyclic) bond motifs is 1. The highest BCUT2D eigenvalue weighted by Crippen LogP contribution is 2.17. The molecule has 86 valence electrons. The molecular weight excluding hydrogens is 216 g/mol. The molecule has 2 aromatic heterocycles. The molecule has 3 rings (SSSR count). The molecular formula is C12H12N4O. The first-order chi connectivity index (χ1) is 8.38. The Labute approximate surface area is 98.1 Å². The maximum atomic E-state index is 5.42. The summed E-state index contributed by atoms with van der Waals surface area (Å²) in [7, 11) is 1.87. The van der Waals surface area contributed by atoms with Crippen LogP contribution in [0.4, 0.5) is 0 Å². The van der Waals surface area contributed by atoms with Crippen molar-refractivity contribution in [3.63, 3.8) is 0 Å². The summed E-state index contributed by atoms with van der Waals surface area (Å²) >= 11 is 0. The van der Waals surface area contributed by atoms with Gasteiger partial charge in [-0.25, -0.2) is 0 Å². The maximum absolute atomic E-state index is 5.42. The molecule has 1 aromatic carbocycles. The molecule has 0 aliphatic rings. The summed E-state index contributed by atoms with van der Waals surface area (Å²) in [4.78, 5) is 4.36. The topological polar surface area (TPSA) is 55.9 Å². The number of hydrogen-bond acceptors (Lipinski definition) is 4. The Hall–Kier alpha value is -2.14. The zero-order valence-electron chi connectivity index (χ0n) is 9.42. The second kappa shape index (κ2) is 4.03. The summed E-state index contributed by atoms with van der Waals surface area (Å²) < 4.78 is 7.12. The molecule has 3 aromatic rings. The van der Waals surface area contributed by atoms with E-state index in [1.807, 2.05) is 31.3 Å². The largest absolute Gasteiger partial charge is 0.430 e. The average molecular weight is 228 g/mol. The van der Waals surface area contributed by atoms with Crippen LogP contribution in [0.3, 0.4) is 0 Å². The number of rotatable bonds is 3. The second-order valence-electron chi connectivity index (χ2n) is 3.77. The van der Waals surface area contributed by atoms with Gasteiger partial charge >= 0.3 is 6.01 Å². The molecule has 0 atom stereocenters. The van der Waals surface area contributed by atoms with Crippen molar-refractivity contribution >= 4 is 10.9 Å². The Morgan fingerprint density at radius 2 is 2.24 bits per heavy atom. The molecule has 0 unspecified atom stereocenters. The quantitative estimate of drug-likeness (QED) is 0.741. The number of nitrogens with one attached hydrogen (secondary N) is 1. The molecule has 5 nitrogen and oxygen atoms in total. The molecule has 17 heavy (non-hydrogen) atoms. The lowest BCUT2D eigenvalue weighted by Crippen LogP contribution is -2.05. The van der Waals surface area contributed by atoms with Gasteiger partial charge in [-0.15, -0.1) is 0 Å². The smallest absolute Gasteiger partial charge is 0.323 e. The average Bonchev–Trinajstić information content (AvgIpc) is 2.95. The molecule has 0 saturated heterocycles. The number of hydrogen-bond donors (Lipinski definition) is 1. The summed E-state index contributed by atoms with van der Waals surface area (Å²) in [5.74, 6) is 0. The fourth-order valence-corrected chi connectivity index (χ4v) is 1.78. The van der Waals surface area contributed by atoms with E-state index in [0.29, 0.717) is 12.6 Å². The van der Waals surface area contributed by atoms with E-state index in [1.165, 1.54) is 0 Å². The predicted molar refractivity (Wildman–Crippen MR) is 63.9 cm³/mol. The van der Waals surface area contributed by atoms with Crippen molar-refractivity contribution in [2.45, 2.75) is 6.54 Å². The number of aromatic nitrogens is 3. The molecule has 0 radical (unpaired) electrons. The van der Waals surface area contributed by atoms with Crippen molar-refractivity contribution in [2.75, 3.05) is 7.05 Å². The molecule has 1 N–H and O–H groups in total. The van der Waals surface area contributed by atoms with Gasteiger partial charge in [0.2, 0.25) is 0 Å². The molecule has 0 aliphatic heterocycles. The van der Waals surface area contributed by atoms with Gasteiger partial charge < -0.3 is 9.73 Å². The van der Waals surface area contributed by atoms with Crippen molar-refractivity contribution in [2.24, 2.45) is 0 Å². The molecule has 0 aliphatic carbocycles. The normalized spacial score (nSPS) is 11.1. The van der Waals surface area contributed by atoms with E-state index in [-0.39, 0.29) is 0 Å². The fourth-order valence-electron chi connectivity index (χ4n) is 1.78.